The molecule has 0 saturated heterocycles. The van der Waals surface area contributed by atoms with Crippen molar-refractivity contribution in [2.24, 2.45) is 16.8 Å². The van der Waals surface area contributed by atoms with Gasteiger partial charge in [0.1, 0.15) is 5.54 Å². The number of esters is 1. The molecule has 162 valence electrons. The molecule has 5 atom stereocenters. The summed E-state index contributed by atoms with van der Waals surface area (Å²) in [6.45, 7) is 4.36. The van der Waals surface area contributed by atoms with Crippen LogP contribution in [-0.4, -0.2) is 51.3 Å². The van der Waals surface area contributed by atoms with Gasteiger partial charge in [-0.05, 0) is 25.5 Å². The van der Waals surface area contributed by atoms with E-state index >= 15 is 0 Å². The number of thioether (sulfide) groups is 1. The maximum atomic E-state index is 11.4. The van der Waals surface area contributed by atoms with E-state index in [0.29, 0.717) is 19.4 Å². The number of fused-ring (bicyclic) bond motifs is 1. The standard InChI is InChI=1S/C23H35NO4S/c1-4-7-8-10-17(25)12-13-18-19-15-21(24-23(19,5-2)16-20(18)26)29-14-9-11-22(27)28-6-3/h2,12-13,17-20,25-26H,4,6-11,14-16H2,1,3H3. The summed E-state index contributed by atoms with van der Waals surface area (Å²) < 4.78 is 4.95. The smallest absolute Gasteiger partial charge is 0.305 e. The molecule has 1 fully saturated rings. The monoisotopic (exact) mass is 421 g/mol. The molecule has 6 heteroatoms. The lowest BCUT2D eigenvalue weighted by atomic mass is 9.83. The number of hydrogen-bond donors (Lipinski definition) is 2. The van der Waals surface area contributed by atoms with E-state index in [9.17, 15) is 15.0 Å². The number of hydrogen-bond acceptors (Lipinski definition) is 6. The van der Waals surface area contributed by atoms with E-state index in [2.05, 4.69) is 12.8 Å². The van der Waals surface area contributed by atoms with E-state index in [-0.39, 0.29) is 17.8 Å². The minimum absolute atomic E-state index is 0.0640. The molecule has 0 aromatic rings. The maximum absolute atomic E-state index is 11.4. The van der Waals surface area contributed by atoms with E-state index in [0.717, 1.165) is 49.3 Å². The van der Waals surface area contributed by atoms with Crippen molar-refractivity contribution in [3.8, 4) is 12.3 Å². The molecule has 5 unspecified atom stereocenters. The molecular formula is C23H35NO4S. The van der Waals surface area contributed by atoms with Crippen molar-refractivity contribution in [3.05, 3.63) is 12.2 Å². The Hall–Kier alpha value is -1.29. The highest BCUT2D eigenvalue weighted by Gasteiger charge is 2.55. The Morgan fingerprint density at radius 2 is 2.24 bits per heavy atom. The van der Waals surface area contributed by atoms with E-state index in [1.807, 2.05) is 12.2 Å². The molecule has 5 nitrogen and oxygen atoms in total. The Balaban J connectivity index is 1.90. The van der Waals surface area contributed by atoms with Gasteiger partial charge in [0, 0.05) is 31.1 Å². The van der Waals surface area contributed by atoms with Crippen LogP contribution in [0.3, 0.4) is 0 Å². The van der Waals surface area contributed by atoms with Crippen LogP contribution in [0, 0.1) is 24.2 Å². The van der Waals surface area contributed by atoms with E-state index in [1.165, 1.54) is 0 Å². The molecule has 1 aliphatic carbocycles. The van der Waals surface area contributed by atoms with Gasteiger partial charge in [0.2, 0.25) is 0 Å². The lowest BCUT2D eigenvalue weighted by molar-refractivity contribution is -0.143. The van der Waals surface area contributed by atoms with E-state index < -0.39 is 17.7 Å². The molecule has 0 bridgehead atoms. The molecular weight excluding hydrogens is 386 g/mol. The molecule has 29 heavy (non-hydrogen) atoms. The summed E-state index contributed by atoms with van der Waals surface area (Å²) >= 11 is 1.65. The van der Waals surface area contributed by atoms with Gasteiger partial charge < -0.3 is 14.9 Å². The highest BCUT2D eigenvalue weighted by atomic mass is 32.2. The number of aliphatic imine (C=N–C) groups is 1. The first-order valence-corrected chi connectivity index (χ1v) is 11.8. The molecule has 1 saturated carbocycles. The molecule has 1 heterocycles. The first-order chi connectivity index (χ1) is 14.0. The van der Waals surface area contributed by atoms with Crippen molar-refractivity contribution in [1.29, 1.82) is 0 Å². The number of rotatable bonds is 11. The summed E-state index contributed by atoms with van der Waals surface area (Å²) in [4.78, 5) is 16.3. The summed E-state index contributed by atoms with van der Waals surface area (Å²) in [5.41, 5.74) is -0.648. The van der Waals surface area contributed by atoms with E-state index in [4.69, 9.17) is 16.2 Å². The number of aliphatic hydroxyl groups is 2. The molecule has 0 aromatic carbocycles. The lowest BCUT2D eigenvalue weighted by Gasteiger charge is -2.21. The number of ether oxygens (including phenoxy) is 1. The normalized spacial score (nSPS) is 29.5. The molecule has 0 spiro atoms. The van der Waals surface area contributed by atoms with Gasteiger partial charge in [-0.15, -0.1) is 18.2 Å². The second-order valence-electron chi connectivity index (χ2n) is 7.94. The van der Waals surface area contributed by atoms with Gasteiger partial charge in [-0.1, -0.05) is 44.3 Å². The third-order valence-electron chi connectivity index (χ3n) is 5.77. The zero-order chi connectivity index (χ0) is 21.3. The van der Waals surface area contributed by atoms with Crippen LogP contribution in [0.4, 0.5) is 0 Å². The van der Waals surface area contributed by atoms with Crippen LogP contribution in [-0.2, 0) is 9.53 Å². The summed E-state index contributed by atoms with van der Waals surface area (Å²) in [5, 5.41) is 21.8. The largest absolute Gasteiger partial charge is 0.466 e. The zero-order valence-electron chi connectivity index (χ0n) is 17.7. The van der Waals surface area contributed by atoms with Crippen LogP contribution < -0.4 is 0 Å². The van der Waals surface area contributed by atoms with Crippen molar-refractivity contribution in [1.82, 2.24) is 0 Å². The second-order valence-corrected chi connectivity index (χ2v) is 9.11. The molecule has 2 N–H and O–H groups in total. The fourth-order valence-corrected chi connectivity index (χ4v) is 5.28. The summed E-state index contributed by atoms with van der Waals surface area (Å²) in [6, 6.07) is 0. The van der Waals surface area contributed by atoms with Crippen molar-refractivity contribution in [3.63, 3.8) is 0 Å². The first kappa shape index (κ1) is 24.0. The zero-order valence-corrected chi connectivity index (χ0v) is 18.5. The Morgan fingerprint density at radius 1 is 1.45 bits per heavy atom. The van der Waals surface area contributed by atoms with Gasteiger partial charge in [-0.2, -0.15) is 0 Å². The number of aliphatic hydroxyl groups excluding tert-OH is 2. The fraction of sp³-hybridized carbons (Fsp3) is 0.739. The highest BCUT2D eigenvalue weighted by Crippen LogP contribution is 2.50. The third kappa shape index (κ3) is 6.60. The van der Waals surface area contributed by atoms with Gasteiger partial charge in [0.15, 0.2) is 0 Å². The van der Waals surface area contributed by atoms with Gasteiger partial charge >= 0.3 is 5.97 Å². The average Bonchev–Trinajstić information content (AvgIpc) is 3.16. The lowest BCUT2D eigenvalue weighted by Crippen LogP contribution is -2.27. The minimum Gasteiger partial charge on any atom is -0.466 e. The average molecular weight is 422 g/mol. The van der Waals surface area contributed by atoms with Gasteiger partial charge in [-0.25, -0.2) is 0 Å². The molecule has 1 aliphatic heterocycles. The van der Waals surface area contributed by atoms with Crippen LogP contribution in [0.25, 0.3) is 0 Å². The van der Waals surface area contributed by atoms with Crippen LogP contribution in [0.15, 0.2) is 17.1 Å². The Bertz CT molecular complexity index is 641. The predicted octanol–water partition coefficient (Wildman–Crippen LogP) is 3.73. The van der Waals surface area contributed by atoms with Crippen molar-refractivity contribution >= 4 is 22.8 Å². The summed E-state index contributed by atoms with van der Waals surface area (Å²) in [6.07, 6.45) is 15.0. The van der Waals surface area contributed by atoms with Crippen LogP contribution >= 0.6 is 11.8 Å². The molecule has 0 aromatic heterocycles. The van der Waals surface area contributed by atoms with Crippen molar-refractivity contribution in [2.75, 3.05) is 12.4 Å². The third-order valence-corrected chi connectivity index (χ3v) is 6.85. The second kappa shape index (κ2) is 11.8. The number of unbranched alkanes of at least 4 members (excludes halogenated alkanes) is 2. The molecule has 0 radical (unpaired) electrons. The fourth-order valence-electron chi connectivity index (χ4n) is 4.23. The quantitative estimate of drug-likeness (QED) is 0.230. The predicted molar refractivity (Wildman–Crippen MR) is 119 cm³/mol. The minimum atomic E-state index is -0.648. The SMILES string of the molecule is C#CC12CC(O)C(C=CC(O)CCCCC)C1CC(SCCCC(=O)OCC)=N2. The Labute approximate surface area is 179 Å². The van der Waals surface area contributed by atoms with Gasteiger partial charge in [-0.3, -0.25) is 9.79 Å². The number of carbonyl (C=O) groups is 1. The van der Waals surface area contributed by atoms with Gasteiger partial charge in [0.05, 0.1) is 23.9 Å². The summed E-state index contributed by atoms with van der Waals surface area (Å²) in [7, 11) is 0. The topological polar surface area (TPSA) is 79.1 Å². The molecule has 2 rings (SSSR count). The molecule has 2 aliphatic rings. The Morgan fingerprint density at radius 3 is 2.93 bits per heavy atom. The highest BCUT2D eigenvalue weighted by molar-refractivity contribution is 8.13. The van der Waals surface area contributed by atoms with Crippen molar-refractivity contribution < 1.29 is 19.7 Å². The first-order valence-electron chi connectivity index (χ1n) is 10.8. The summed E-state index contributed by atoms with van der Waals surface area (Å²) in [5.74, 6) is 3.46. The van der Waals surface area contributed by atoms with Crippen LogP contribution in [0.1, 0.15) is 65.2 Å². The van der Waals surface area contributed by atoms with Crippen LogP contribution in [0.5, 0.6) is 0 Å². The number of nitrogens with zero attached hydrogens (tertiary/aromatic N) is 1. The number of terminal acetylenes is 1. The maximum Gasteiger partial charge on any atom is 0.305 e. The van der Waals surface area contributed by atoms with Gasteiger partial charge in [0.25, 0.3) is 0 Å². The Kier molecular flexibility index (Phi) is 9.74. The number of carbonyl (C=O) groups excluding carboxylic acids is 1. The van der Waals surface area contributed by atoms with E-state index in [1.54, 1.807) is 18.7 Å². The van der Waals surface area contributed by atoms with Crippen molar-refractivity contribution in [2.45, 2.75) is 83.0 Å². The van der Waals surface area contributed by atoms with Crippen LogP contribution in [0.2, 0.25) is 0 Å². The molecule has 0 amide bonds.